The molecule has 0 unspecified atom stereocenters. The number of rotatable bonds is 25. The third-order valence-electron chi connectivity index (χ3n) is 14.5. The van der Waals surface area contributed by atoms with Gasteiger partial charge in [-0.05, 0) is 0 Å². The molecule has 142 heavy (non-hydrogen) atoms. The first-order valence-electron chi connectivity index (χ1n) is 34.2. The molecule has 7 fully saturated rings. The normalized spacial score (nSPS) is 17.4. The van der Waals surface area contributed by atoms with E-state index < -0.39 is 249 Å². The lowest BCUT2D eigenvalue weighted by Gasteiger charge is -2.47. The fraction of sp³-hybridized carbons (Fsp3) is 1.00. The maximum atomic E-state index is 13.3. The van der Waals surface area contributed by atoms with Crippen LogP contribution in [0.5, 0.6) is 0 Å². The zero-order chi connectivity index (χ0) is 116. The Hall–Kier alpha value is -5.53. The van der Waals surface area contributed by atoms with E-state index in [0.29, 0.717) is 0 Å². The monoisotopic (exact) mass is 2320 g/mol. The molecule has 7 nitrogen and oxygen atoms in total. The van der Waals surface area contributed by atoms with Gasteiger partial charge in [0.15, 0.2) is 0 Å². The second-order valence-electron chi connectivity index (χ2n) is 26.9. The van der Waals surface area contributed by atoms with Crippen molar-refractivity contribution in [3.8, 4) is 0 Å². The van der Waals surface area contributed by atoms with Gasteiger partial charge in [-0.3, -0.25) is 0 Å². The van der Waals surface area contributed by atoms with Gasteiger partial charge in [-0.1, -0.05) is 41.0 Å². The molecule has 866 valence electrons. The van der Waals surface area contributed by atoms with E-state index in [4.69, 9.17) is 0 Å². The standard InChI is InChI=1S/3C9H3F17.C9H7F13.C6H3F11.C3H8.7C2H4O.CH4/c1-2(10,11)4(12,13)6(16,17)5(14,15)3(7(18,19)20,8(21,22)23)9(24,25)26;2*1-2(10,11)3(12,13)4(14,15)5(16,17)6(18,19)7(20,21)8(22,23)9(24,25)26;1-2-3-4(10,11)5(12,13)6(14,15)7(16,17)8(18,19)9(20,21)22;1-2(7,8)3(9,10)4(11,12)5(13,14)6(15,16)17;1-3-2;7*1-2-3-1;/h3*1H3;2-3H2,1H3;1H3;3H2,1-2H3;7*1-2H2;1H4. The summed E-state index contributed by atoms with van der Waals surface area (Å²) in [5.41, 5.74) is -8.78. The van der Waals surface area contributed by atoms with Crippen LogP contribution in [0, 0.1) is 5.41 Å². The van der Waals surface area contributed by atoms with Crippen LogP contribution in [0.1, 0.15) is 75.2 Å². The number of alkyl halides is 75. The molecule has 0 aromatic carbocycles. The number of epoxide rings is 7. The summed E-state index contributed by atoms with van der Waals surface area (Å²) in [6, 6.07) is 0. The van der Waals surface area contributed by atoms with Gasteiger partial charge in [0.25, 0.3) is 0 Å². The Morgan fingerprint density at radius 1 is 0.141 bits per heavy atom. The van der Waals surface area contributed by atoms with Crippen molar-refractivity contribution < 1.29 is 362 Å². The van der Waals surface area contributed by atoms with Crippen molar-refractivity contribution >= 4 is 0 Å². The van der Waals surface area contributed by atoms with E-state index >= 15 is 0 Å². The molecule has 82 heteroatoms. The molecule has 7 heterocycles. The number of hydrogen-bond acceptors (Lipinski definition) is 7. The predicted octanol–water partition coefficient (Wildman–Crippen LogP) is 30.1. The minimum absolute atomic E-state index is 0. The molecule has 0 bridgehead atoms. The van der Waals surface area contributed by atoms with Crippen LogP contribution in [0.25, 0.3) is 0 Å². The van der Waals surface area contributed by atoms with Crippen LogP contribution in [0.4, 0.5) is 329 Å². The van der Waals surface area contributed by atoms with Crippen molar-refractivity contribution in [2.45, 2.75) is 278 Å². The molecule has 0 aliphatic carbocycles. The number of ether oxygens (including phenoxy) is 7. The van der Waals surface area contributed by atoms with Crippen molar-refractivity contribution in [2.75, 3.05) is 92.5 Å². The number of halogens is 75. The molecule has 0 N–H and O–H groups in total. The Bertz CT molecular complexity index is 3310. The summed E-state index contributed by atoms with van der Waals surface area (Å²) in [4.78, 5) is 0. The summed E-state index contributed by atoms with van der Waals surface area (Å²) < 4.78 is 965. The van der Waals surface area contributed by atoms with Crippen LogP contribution in [0.2, 0.25) is 0 Å². The summed E-state index contributed by atoms with van der Waals surface area (Å²) in [7, 11) is 0. The summed E-state index contributed by atoms with van der Waals surface area (Å²) >= 11 is 0. The van der Waals surface area contributed by atoms with Crippen LogP contribution in [-0.2, 0) is 33.2 Å². The first-order chi connectivity index (χ1) is 60.5. The van der Waals surface area contributed by atoms with Crippen LogP contribution in [0.15, 0.2) is 0 Å². The van der Waals surface area contributed by atoms with Crippen molar-refractivity contribution in [1.29, 1.82) is 0 Å². The maximum absolute atomic E-state index is 13.3. The van der Waals surface area contributed by atoms with E-state index in [9.17, 15) is 329 Å². The second kappa shape index (κ2) is 46.9. The SMILES string of the molecule is C.C1CO1.C1CO1.C1CO1.C1CO1.C1CO1.C1CO1.C1CO1.CC(F)(F)C(F)(F)C(F)(F)C(F)(F)C(C(F)(F)F)(C(F)(F)F)C(F)(F)F.CC(F)(F)C(F)(F)C(F)(F)C(F)(F)C(F)(F)C(F)(F)C(F)(F)C(F)(F)F.CC(F)(F)C(F)(F)C(F)(F)C(F)(F)C(F)(F)C(F)(F)C(F)(F)C(F)(F)F.CC(F)(F)C(F)(F)C(F)(F)C(F)(F)C(F)(F)F.CCC.CCCC(F)(F)C(F)(F)C(F)(F)C(F)(F)C(F)(F)C(F)(F)F. The maximum Gasteiger partial charge on any atom is 0.460 e. The quantitative estimate of drug-likeness (QED) is 0.0665. The van der Waals surface area contributed by atoms with Gasteiger partial charge in [0.2, 0.25) is 0 Å². The van der Waals surface area contributed by atoms with E-state index in [1.807, 2.05) is 0 Å². The predicted molar refractivity (Wildman–Crippen MR) is 314 cm³/mol. The van der Waals surface area contributed by atoms with Crippen molar-refractivity contribution in [3.63, 3.8) is 0 Å². The Kier molecular flexibility index (Phi) is 49.4. The highest BCUT2D eigenvalue weighted by Crippen LogP contribution is 2.74. The Morgan fingerprint density at radius 3 is 0.324 bits per heavy atom. The molecule has 7 aliphatic heterocycles. The summed E-state index contributed by atoms with van der Waals surface area (Å²) in [5, 5.41) is 0. The molecule has 0 radical (unpaired) electrons. The van der Waals surface area contributed by atoms with Gasteiger partial charge in [-0.25, -0.2) is 0 Å². The highest BCUT2D eigenvalue weighted by Gasteiger charge is 3.02. The molecule has 7 aliphatic rings. The average Bonchev–Trinajstić information content (AvgIpc) is 0.995. The molecule has 0 atom stereocenters. The summed E-state index contributed by atoms with van der Waals surface area (Å²) in [5.74, 6) is -206. The molecule has 0 spiro atoms. The molecule has 0 saturated carbocycles. The van der Waals surface area contributed by atoms with Gasteiger partial charge in [0.1, 0.15) is 0 Å². The van der Waals surface area contributed by atoms with Gasteiger partial charge in [-0.2, -0.15) is 329 Å². The van der Waals surface area contributed by atoms with E-state index in [1.54, 1.807) is 0 Å². The van der Waals surface area contributed by atoms with Crippen molar-refractivity contribution in [2.24, 2.45) is 5.41 Å². The zero-order valence-corrected chi connectivity index (χ0v) is 67.7. The van der Waals surface area contributed by atoms with Crippen LogP contribution >= 0.6 is 0 Å². The lowest BCUT2D eigenvalue weighted by molar-refractivity contribution is -0.512. The van der Waals surface area contributed by atoms with Gasteiger partial charge in [0.05, 0.1) is 92.5 Å². The van der Waals surface area contributed by atoms with Gasteiger partial charge >= 0.3 is 209 Å². The second-order valence-corrected chi connectivity index (χ2v) is 26.9. The molecule has 0 amide bonds. The Labute approximate surface area is 739 Å². The van der Waals surface area contributed by atoms with E-state index in [0.717, 1.165) is 99.4 Å². The third kappa shape index (κ3) is 31.6. The molecule has 7 saturated heterocycles. The first kappa shape index (κ1) is 149. The van der Waals surface area contributed by atoms with E-state index in [-0.39, 0.29) is 7.43 Å². The minimum atomic E-state index is -8.84. The smallest absolute Gasteiger partial charge is 0.377 e. The molecular formula is C60H59F75O7. The van der Waals surface area contributed by atoms with E-state index in [1.165, 1.54) is 6.42 Å². The lowest BCUT2D eigenvalue weighted by atomic mass is 9.73. The number of hydrogen-bond donors (Lipinski definition) is 0. The van der Waals surface area contributed by atoms with E-state index in [2.05, 4.69) is 47.0 Å². The highest BCUT2D eigenvalue weighted by molar-refractivity contribution is 5.20. The van der Waals surface area contributed by atoms with Gasteiger partial charge < -0.3 is 33.2 Å². The molecule has 7 rings (SSSR count). The molecule has 0 aromatic heterocycles. The summed E-state index contributed by atoms with van der Waals surface area (Å²) in [6.07, 6.45) is -56.9. The lowest BCUT2D eigenvalue weighted by Crippen LogP contribution is -2.77. The van der Waals surface area contributed by atoms with Crippen LogP contribution in [-0.4, -0.2) is 296 Å². The largest absolute Gasteiger partial charge is 0.460 e. The minimum Gasteiger partial charge on any atom is -0.377 e. The Morgan fingerprint density at radius 2 is 0.232 bits per heavy atom. The Balaban J connectivity index is -0.000000301. The molecule has 0 aromatic rings. The summed E-state index contributed by atoms with van der Waals surface area (Å²) in [6.45, 7) is 14.3. The fourth-order valence-corrected chi connectivity index (χ4v) is 6.13. The van der Waals surface area contributed by atoms with Crippen molar-refractivity contribution in [1.82, 2.24) is 0 Å². The van der Waals surface area contributed by atoms with Crippen molar-refractivity contribution in [3.05, 3.63) is 0 Å². The van der Waals surface area contributed by atoms with Crippen LogP contribution < -0.4 is 0 Å². The first-order valence-corrected chi connectivity index (χ1v) is 34.2. The van der Waals surface area contributed by atoms with Gasteiger partial charge in [-0.15, -0.1) is 0 Å². The topological polar surface area (TPSA) is 87.7 Å². The third-order valence-corrected chi connectivity index (χ3v) is 14.5. The zero-order valence-electron chi connectivity index (χ0n) is 67.7. The average molecular weight is 2320 g/mol. The highest BCUT2D eigenvalue weighted by atomic mass is 19.5. The van der Waals surface area contributed by atoms with Crippen LogP contribution in [0.3, 0.4) is 0 Å². The molecular weight excluding hydrogens is 2260 g/mol. The van der Waals surface area contributed by atoms with Gasteiger partial charge in [0, 0.05) is 34.1 Å². The fourth-order valence-electron chi connectivity index (χ4n) is 6.13.